The lowest BCUT2D eigenvalue weighted by atomic mass is 9.96. The zero-order valence-electron chi connectivity index (χ0n) is 11.1. The molecule has 3 heteroatoms. The van der Waals surface area contributed by atoms with Crippen LogP contribution in [0.1, 0.15) is 37.3 Å². The maximum absolute atomic E-state index is 10.7. The zero-order chi connectivity index (χ0) is 13.7. The van der Waals surface area contributed by atoms with Gasteiger partial charge in [-0.3, -0.25) is 4.79 Å². The lowest BCUT2D eigenvalue weighted by Crippen LogP contribution is -2.20. The molecule has 3 nitrogen and oxygen atoms in total. The largest absolute Gasteiger partial charge is 0.356 e. The van der Waals surface area contributed by atoms with Crippen molar-refractivity contribution in [2.75, 3.05) is 6.54 Å². The minimum atomic E-state index is -0.201. The van der Waals surface area contributed by atoms with Crippen LogP contribution in [0.15, 0.2) is 30.3 Å². The van der Waals surface area contributed by atoms with Crippen LogP contribution in [0.4, 0.5) is 0 Å². The molecule has 19 heavy (non-hydrogen) atoms. The molecule has 0 bridgehead atoms. The first-order valence-corrected chi connectivity index (χ1v) is 6.59. The molecule has 0 spiro atoms. The number of benzene rings is 1. The lowest BCUT2D eigenvalue weighted by Gasteiger charge is -2.05. The van der Waals surface area contributed by atoms with Gasteiger partial charge in [-0.1, -0.05) is 36.4 Å². The maximum Gasteiger partial charge on any atom is 0.216 e. The Labute approximate surface area is 113 Å². The Hall–Kier alpha value is -2.08. The normalized spacial score (nSPS) is 16.0. The average Bonchev–Trinajstić information content (AvgIpc) is 3.20. The zero-order valence-corrected chi connectivity index (χ0v) is 11.1. The number of rotatable bonds is 5. The van der Waals surface area contributed by atoms with E-state index in [1.807, 2.05) is 36.4 Å². The van der Waals surface area contributed by atoms with Crippen molar-refractivity contribution in [1.29, 1.82) is 5.26 Å². The summed E-state index contributed by atoms with van der Waals surface area (Å²) in [6.45, 7) is 2.19. The van der Waals surface area contributed by atoms with Crippen molar-refractivity contribution < 1.29 is 4.79 Å². The number of hydrogen-bond acceptors (Lipinski definition) is 2. The number of nitrogens with one attached hydrogen (secondary N) is 1. The van der Waals surface area contributed by atoms with Crippen LogP contribution in [0.5, 0.6) is 0 Å². The number of hydrogen-bond donors (Lipinski definition) is 1. The summed E-state index contributed by atoms with van der Waals surface area (Å²) in [5.41, 5.74) is 2.05. The molecule has 1 aromatic rings. The maximum atomic E-state index is 10.7. The lowest BCUT2D eigenvalue weighted by molar-refractivity contribution is -0.118. The van der Waals surface area contributed by atoms with E-state index in [0.29, 0.717) is 6.54 Å². The van der Waals surface area contributed by atoms with Crippen LogP contribution in [0, 0.1) is 11.3 Å². The van der Waals surface area contributed by atoms with Crippen LogP contribution in [0.25, 0.3) is 6.08 Å². The molecule has 1 N–H and O–H groups in total. The third-order valence-corrected chi connectivity index (χ3v) is 3.42. The summed E-state index contributed by atoms with van der Waals surface area (Å²) < 4.78 is 0. The highest BCUT2D eigenvalue weighted by molar-refractivity contribution is 5.72. The van der Waals surface area contributed by atoms with E-state index < -0.39 is 0 Å². The van der Waals surface area contributed by atoms with Gasteiger partial charge in [-0.2, -0.15) is 5.26 Å². The van der Waals surface area contributed by atoms with Crippen molar-refractivity contribution in [3.63, 3.8) is 0 Å². The Morgan fingerprint density at radius 3 is 2.63 bits per heavy atom. The third-order valence-electron chi connectivity index (χ3n) is 3.42. The number of nitriles is 1. The van der Waals surface area contributed by atoms with Crippen molar-refractivity contribution in [3.05, 3.63) is 41.5 Å². The van der Waals surface area contributed by atoms with Gasteiger partial charge in [0.1, 0.15) is 0 Å². The van der Waals surface area contributed by atoms with Crippen LogP contribution in [-0.4, -0.2) is 12.5 Å². The Kier molecular flexibility index (Phi) is 4.01. The molecular weight excluding hydrogens is 236 g/mol. The molecule has 1 amide bonds. The van der Waals surface area contributed by atoms with Crippen LogP contribution in [0.3, 0.4) is 0 Å². The van der Waals surface area contributed by atoms with Gasteiger partial charge in [0.15, 0.2) is 0 Å². The van der Waals surface area contributed by atoms with Crippen LogP contribution < -0.4 is 5.32 Å². The second kappa shape index (κ2) is 5.71. The predicted octanol–water partition coefficient (Wildman–Crippen LogP) is 2.78. The molecule has 1 aliphatic carbocycles. The molecule has 98 valence electrons. The Balaban J connectivity index is 1.87. The average molecular weight is 254 g/mol. The SMILES string of the molecule is CC(=O)NCCC=Cc1ccc(C2(C#N)CC2)cc1. The molecule has 0 heterocycles. The van der Waals surface area contributed by atoms with Gasteiger partial charge in [-0.25, -0.2) is 0 Å². The van der Waals surface area contributed by atoms with Crippen LogP contribution in [-0.2, 0) is 10.2 Å². The summed E-state index contributed by atoms with van der Waals surface area (Å²) in [4.78, 5) is 10.7. The highest BCUT2D eigenvalue weighted by Crippen LogP contribution is 2.47. The third kappa shape index (κ3) is 3.45. The molecule has 0 unspecified atom stereocenters. The summed E-state index contributed by atoms with van der Waals surface area (Å²) in [6, 6.07) is 10.6. The smallest absolute Gasteiger partial charge is 0.216 e. The summed E-state index contributed by atoms with van der Waals surface area (Å²) in [5, 5.41) is 11.9. The molecule has 0 saturated heterocycles. The molecule has 0 aliphatic heterocycles. The van der Waals surface area contributed by atoms with E-state index >= 15 is 0 Å². The molecule has 1 fully saturated rings. The fourth-order valence-electron chi connectivity index (χ4n) is 2.05. The van der Waals surface area contributed by atoms with Crippen molar-refractivity contribution in [2.45, 2.75) is 31.6 Å². The summed E-state index contributed by atoms with van der Waals surface area (Å²) in [6.07, 6.45) is 6.87. The fraction of sp³-hybridized carbons (Fsp3) is 0.375. The second-order valence-corrected chi connectivity index (χ2v) is 4.99. The van der Waals surface area contributed by atoms with E-state index in [4.69, 9.17) is 5.26 Å². The molecule has 0 radical (unpaired) electrons. The van der Waals surface area contributed by atoms with Crippen molar-refractivity contribution in [1.82, 2.24) is 5.32 Å². The topological polar surface area (TPSA) is 52.9 Å². The van der Waals surface area contributed by atoms with Crippen LogP contribution >= 0.6 is 0 Å². The van der Waals surface area contributed by atoms with Gasteiger partial charge >= 0.3 is 0 Å². The molecule has 1 saturated carbocycles. The van der Waals surface area contributed by atoms with Gasteiger partial charge in [-0.15, -0.1) is 0 Å². The van der Waals surface area contributed by atoms with Crippen molar-refractivity contribution in [2.24, 2.45) is 0 Å². The minimum absolute atomic E-state index is 0.00369. The number of carbonyl (C=O) groups is 1. The quantitative estimate of drug-likeness (QED) is 0.821. The van der Waals surface area contributed by atoms with Crippen LogP contribution in [0.2, 0.25) is 0 Å². The van der Waals surface area contributed by atoms with Gasteiger partial charge in [0.05, 0.1) is 11.5 Å². The van der Waals surface area contributed by atoms with Gasteiger partial charge in [0.2, 0.25) is 5.91 Å². The van der Waals surface area contributed by atoms with E-state index in [2.05, 4.69) is 11.4 Å². The van der Waals surface area contributed by atoms with E-state index in [0.717, 1.165) is 30.4 Å². The van der Waals surface area contributed by atoms with E-state index in [1.165, 1.54) is 6.92 Å². The molecule has 0 aromatic heterocycles. The first kappa shape index (κ1) is 13.4. The van der Waals surface area contributed by atoms with Gasteiger partial charge < -0.3 is 5.32 Å². The Morgan fingerprint density at radius 2 is 2.11 bits per heavy atom. The van der Waals surface area contributed by atoms with Crippen molar-refractivity contribution >= 4 is 12.0 Å². The van der Waals surface area contributed by atoms with Crippen molar-refractivity contribution in [3.8, 4) is 6.07 Å². The summed E-state index contributed by atoms with van der Waals surface area (Å²) in [5.74, 6) is 0.00369. The molecule has 0 atom stereocenters. The predicted molar refractivity (Wildman–Crippen MR) is 75.3 cm³/mol. The molecular formula is C16H18N2O. The fourth-order valence-corrected chi connectivity index (χ4v) is 2.05. The van der Waals surface area contributed by atoms with E-state index in [-0.39, 0.29) is 11.3 Å². The highest BCUT2D eigenvalue weighted by Gasteiger charge is 2.44. The van der Waals surface area contributed by atoms with E-state index in [9.17, 15) is 4.79 Å². The summed E-state index contributed by atoms with van der Waals surface area (Å²) in [7, 11) is 0. The standard InChI is InChI=1S/C16H18N2O/c1-13(19)18-11-3-2-4-14-5-7-15(8-6-14)16(12-17)9-10-16/h2,4-8H,3,9-11H2,1H3,(H,18,19). The number of nitrogens with zero attached hydrogens (tertiary/aromatic N) is 1. The second-order valence-electron chi connectivity index (χ2n) is 4.99. The highest BCUT2D eigenvalue weighted by atomic mass is 16.1. The summed E-state index contributed by atoms with van der Waals surface area (Å²) >= 11 is 0. The molecule has 1 aromatic carbocycles. The first-order valence-electron chi connectivity index (χ1n) is 6.59. The first-order chi connectivity index (χ1) is 9.16. The molecule has 2 rings (SSSR count). The Morgan fingerprint density at radius 1 is 1.42 bits per heavy atom. The Bertz CT molecular complexity index is 519. The number of amides is 1. The van der Waals surface area contributed by atoms with E-state index in [1.54, 1.807) is 0 Å². The molecule has 1 aliphatic rings. The van der Waals surface area contributed by atoms with Gasteiger partial charge in [0, 0.05) is 13.5 Å². The van der Waals surface area contributed by atoms with Gasteiger partial charge in [0.25, 0.3) is 0 Å². The minimum Gasteiger partial charge on any atom is -0.356 e. The monoisotopic (exact) mass is 254 g/mol. The number of carbonyl (C=O) groups excluding carboxylic acids is 1. The van der Waals surface area contributed by atoms with Gasteiger partial charge in [-0.05, 0) is 30.4 Å².